The number of hydrogen-bond acceptors (Lipinski definition) is 8. The first-order valence-electron chi connectivity index (χ1n) is 16.6. The van der Waals surface area contributed by atoms with Crippen LogP contribution in [0.2, 0.25) is 0 Å². The molecular weight excluding hydrogens is 632 g/mol. The molecule has 2 atom stereocenters. The minimum absolute atomic E-state index is 0.0308. The fourth-order valence-corrected chi connectivity index (χ4v) is 6.30. The Hall–Kier alpha value is -4.77. The second kappa shape index (κ2) is 14.8. The molecule has 0 amide bonds. The van der Waals surface area contributed by atoms with E-state index < -0.39 is 34.9 Å². The average molecular weight is 673 g/mol. The Morgan fingerprint density at radius 3 is 2.53 bits per heavy atom. The van der Waals surface area contributed by atoms with Gasteiger partial charge in [-0.3, -0.25) is 9.59 Å². The number of carbonyl (C=O) groups excluding carboxylic acids is 2. The molecule has 1 saturated carbocycles. The number of carbonyl (C=O) groups is 2. The second-order valence-electron chi connectivity index (χ2n) is 12.6. The first-order valence-corrected chi connectivity index (χ1v) is 16.6. The van der Waals surface area contributed by atoms with Gasteiger partial charge in [0.25, 0.3) is 0 Å². The lowest BCUT2D eigenvalue weighted by Gasteiger charge is -2.35. The summed E-state index contributed by atoms with van der Waals surface area (Å²) in [5.74, 6) is -2.75. The van der Waals surface area contributed by atoms with E-state index in [1.54, 1.807) is 25.5 Å². The van der Waals surface area contributed by atoms with E-state index in [2.05, 4.69) is 5.32 Å². The van der Waals surface area contributed by atoms with Crippen LogP contribution in [0.5, 0.6) is 5.75 Å². The number of unbranched alkanes of at least 4 members (excludes halogenated alkanes) is 1. The Bertz CT molecular complexity index is 1910. The van der Waals surface area contributed by atoms with E-state index in [0.29, 0.717) is 42.0 Å². The highest BCUT2D eigenvalue weighted by atomic mass is 19.1. The van der Waals surface area contributed by atoms with E-state index in [1.165, 1.54) is 25.4 Å². The van der Waals surface area contributed by atoms with Gasteiger partial charge in [0.15, 0.2) is 11.6 Å². The van der Waals surface area contributed by atoms with Crippen LogP contribution >= 0.6 is 0 Å². The average Bonchev–Trinajstić information content (AvgIpc) is 3.95. The highest BCUT2D eigenvalue weighted by Gasteiger charge is 2.32. The van der Waals surface area contributed by atoms with E-state index in [4.69, 9.17) is 14.2 Å². The molecule has 4 aromatic rings. The van der Waals surface area contributed by atoms with Gasteiger partial charge in [-0.05, 0) is 56.4 Å². The molecule has 1 radical (unpaired) electrons. The van der Waals surface area contributed by atoms with Crippen molar-refractivity contribution in [2.75, 3.05) is 44.9 Å². The molecule has 1 aliphatic carbocycles. The van der Waals surface area contributed by atoms with Crippen molar-refractivity contribution in [1.82, 2.24) is 9.88 Å². The van der Waals surface area contributed by atoms with Crippen molar-refractivity contribution >= 4 is 28.5 Å². The van der Waals surface area contributed by atoms with Crippen LogP contribution in [0.3, 0.4) is 0 Å². The van der Waals surface area contributed by atoms with Gasteiger partial charge in [0.2, 0.25) is 5.43 Å². The summed E-state index contributed by atoms with van der Waals surface area (Å²) in [5.41, 5.74) is 1.65. The Balaban J connectivity index is 1.07. The zero-order valence-corrected chi connectivity index (χ0v) is 27.8. The molecule has 2 fully saturated rings. The Kier molecular flexibility index (Phi) is 10.3. The van der Waals surface area contributed by atoms with Crippen molar-refractivity contribution in [3.8, 4) is 16.9 Å². The molecule has 2 heterocycles. The quantitative estimate of drug-likeness (QED) is 0.141. The third kappa shape index (κ3) is 7.32. The standard InChI is InChI=1S/C38H40F2N3O6/c1-23-21-42(16-15-41-23)34-32(40)20-29-33(36(34)47-3)43(27-12-13-27)22-30(35(29)44)38(46)49-18-8-7-17-48-37(45)24(2)26-11-14-28(31(39)19-26)25-9-5-4-6-10-25/h4-6,8-11,14,19-20,22-24,27,41H,7,12-13,15-18,21H2,1-3H3. The van der Waals surface area contributed by atoms with Crippen LogP contribution in [0, 0.1) is 18.1 Å². The van der Waals surface area contributed by atoms with E-state index in [1.807, 2.05) is 46.7 Å². The minimum atomic E-state index is -0.830. The molecule has 1 N–H and O–H groups in total. The summed E-state index contributed by atoms with van der Waals surface area (Å²) < 4.78 is 48.9. The van der Waals surface area contributed by atoms with E-state index in [-0.39, 0.29) is 48.4 Å². The lowest BCUT2D eigenvalue weighted by atomic mass is 9.97. The monoisotopic (exact) mass is 672 g/mol. The maximum Gasteiger partial charge on any atom is 0.343 e. The summed E-state index contributed by atoms with van der Waals surface area (Å²) in [5, 5.41) is 3.41. The van der Waals surface area contributed by atoms with Crippen molar-refractivity contribution in [1.29, 1.82) is 0 Å². The normalized spacial score (nSPS) is 16.8. The first kappa shape index (κ1) is 34.1. The second-order valence-corrected chi connectivity index (χ2v) is 12.6. The summed E-state index contributed by atoms with van der Waals surface area (Å²) in [6, 6.07) is 15.3. The van der Waals surface area contributed by atoms with Gasteiger partial charge in [0.05, 0.1) is 37.1 Å². The minimum Gasteiger partial charge on any atom is -0.492 e. The van der Waals surface area contributed by atoms with Crippen molar-refractivity contribution in [2.45, 2.75) is 51.1 Å². The van der Waals surface area contributed by atoms with Crippen LogP contribution < -0.4 is 20.4 Å². The number of nitrogens with one attached hydrogen (secondary N) is 1. The maximum absolute atomic E-state index is 15.7. The Labute approximate surface area is 283 Å². The van der Waals surface area contributed by atoms with Gasteiger partial charge in [-0.25, -0.2) is 13.6 Å². The fraction of sp³-hybridized carbons (Fsp3) is 0.368. The van der Waals surface area contributed by atoms with E-state index in [9.17, 15) is 18.8 Å². The van der Waals surface area contributed by atoms with Gasteiger partial charge in [-0.15, -0.1) is 0 Å². The van der Waals surface area contributed by atoms with Gasteiger partial charge in [-0.1, -0.05) is 42.5 Å². The third-order valence-corrected chi connectivity index (χ3v) is 9.08. The molecule has 257 valence electrons. The summed E-state index contributed by atoms with van der Waals surface area (Å²) in [4.78, 5) is 41.3. The van der Waals surface area contributed by atoms with Crippen LogP contribution in [0.15, 0.2) is 65.6 Å². The summed E-state index contributed by atoms with van der Waals surface area (Å²) >= 11 is 0. The maximum atomic E-state index is 15.7. The topological polar surface area (TPSA) is 99.1 Å². The Morgan fingerprint density at radius 2 is 1.84 bits per heavy atom. The molecule has 1 saturated heterocycles. The predicted molar refractivity (Wildman–Crippen MR) is 183 cm³/mol. The molecule has 9 nitrogen and oxygen atoms in total. The number of esters is 2. The molecule has 2 aliphatic rings. The Morgan fingerprint density at radius 1 is 1.06 bits per heavy atom. The van der Waals surface area contributed by atoms with Crippen molar-refractivity contribution < 1.29 is 32.6 Å². The van der Waals surface area contributed by atoms with E-state index >= 15 is 4.39 Å². The molecule has 49 heavy (non-hydrogen) atoms. The van der Waals surface area contributed by atoms with E-state index in [0.717, 1.165) is 18.4 Å². The zero-order valence-electron chi connectivity index (χ0n) is 27.8. The molecule has 0 spiro atoms. The van der Waals surface area contributed by atoms with Crippen LogP contribution in [0.4, 0.5) is 14.5 Å². The summed E-state index contributed by atoms with van der Waals surface area (Å²) in [6.45, 7) is 5.42. The fourth-order valence-electron chi connectivity index (χ4n) is 6.30. The van der Waals surface area contributed by atoms with Crippen LogP contribution in [-0.4, -0.2) is 62.5 Å². The molecule has 0 bridgehead atoms. The third-order valence-electron chi connectivity index (χ3n) is 9.08. The summed E-state index contributed by atoms with van der Waals surface area (Å²) in [6.07, 6.45) is 5.10. The summed E-state index contributed by atoms with van der Waals surface area (Å²) in [7, 11) is 1.46. The number of anilines is 1. The van der Waals surface area contributed by atoms with Gasteiger partial charge >= 0.3 is 11.9 Å². The number of hydrogen-bond donors (Lipinski definition) is 1. The SMILES string of the molecule is COc1c(N2CCNC(C)C2)c(F)cc2c(=O)c(C(=O)OC[CH]CCOC(=O)C(C)c3ccc(-c4ccccc4)c(F)c3)cn(C3CC3)c12. The highest BCUT2D eigenvalue weighted by Crippen LogP contribution is 2.44. The number of nitrogens with zero attached hydrogens (tertiary/aromatic N) is 2. The number of fused-ring (bicyclic) bond motifs is 1. The predicted octanol–water partition coefficient (Wildman–Crippen LogP) is 6.19. The first-order chi connectivity index (χ1) is 23.7. The smallest absolute Gasteiger partial charge is 0.343 e. The van der Waals surface area contributed by atoms with Gasteiger partial charge < -0.3 is 29.0 Å². The lowest BCUT2D eigenvalue weighted by molar-refractivity contribution is -0.145. The number of aromatic nitrogens is 1. The number of pyridine rings is 1. The number of halogens is 2. The van der Waals surface area contributed by atoms with Crippen LogP contribution in [0.25, 0.3) is 22.0 Å². The van der Waals surface area contributed by atoms with Gasteiger partial charge in [-0.2, -0.15) is 0 Å². The van der Waals surface area contributed by atoms with Gasteiger partial charge in [0, 0.05) is 49.9 Å². The molecular formula is C38H40F2N3O6. The number of benzene rings is 3. The largest absolute Gasteiger partial charge is 0.492 e. The van der Waals surface area contributed by atoms with Crippen molar-refractivity contribution in [3.63, 3.8) is 0 Å². The highest BCUT2D eigenvalue weighted by molar-refractivity contribution is 5.97. The van der Waals surface area contributed by atoms with Gasteiger partial charge in [0.1, 0.15) is 17.1 Å². The number of methoxy groups -OCH3 is 1. The molecule has 1 aromatic heterocycles. The zero-order chi connectivity index (χ0) is 34.7. The van der Waals surface area contributed by atoms with Crippen LogP contribution in [-0.2, 0) is 14.3 Å². The number of rotatable bonds is 12. The molecule has 1 aliphatic heterocycles. The van der Waals surface area contributed by atoms with Crippen LogP contribution in [0.1, 0.15) is 61.0 Å². The lowest BCUT2D eigenvalue weighted by Crippen LogP contribution is -2.49. The number of ether oxygens (including phenoxy) is 3. The molecule has 2 unspecified atom stereocenters. The molecule has 6 rings (SSSR count). The molecule has 3 aromatic carbocycles. The van der Waals surface area contributed by atoms with Crippen molar-refractivity contribution in [3.05, 3.63) is 100 Å². The number of piperazine rings is 1. The molecule has 11 heteroatoms. The van der Waals surface area contributed by atoms with Crippen molar-refractivity contribution in [2.24, 2.45) is 0 Å².